The average molecular weight is 475 g/mol. The Morgan fingerprint density at radius 3 is 2.03 bits per heavy atom. The number of sulfonamides is 1. The molecule has 0 atom stereocenters. The first-order chi connectivity index (χ1) is 16.1. The van der Waals surface area contributed by atoms with Gasteiger partial charge in [-0.2, -0.15) is 0 Å². The van der Waals surface area contributed by atoms with E-state index >= 15 is 0 Å². The number of benzene rings is 3. The molecule has 1 aromatic heterocycles. The van der Waals surface area contributed by atoms with Gasteiger partial charge in [-0.15, -0.1) is 10.2 Å². The van der Waals surface area contributed by atoms with E-state index in [1.165, 1.54) is 23.9 Å². The van der Waals surface area contributed by atoms with Crippen molar-refractivity contribution in [2.75, 3.05) is 12.3 Å². The summed E-state index contributed by atoms with van der Waals surface area (Å²) in [5.41, 5.74) is 3.37. The SMILES string of the molecule is O=C1c2ccccc2S(=O)(=O)N1CCSc1nnc(-c2ccccc2)c(-c2ccccc2)n1. The molecule has 1 aliphatic rings. The first-order valence-corrected chi connectivity index (χ1v) is 12.6. The van der Waals surface area contributed by atoms with E-state index in [1.807, 2.05) is 60.7 Å². The van der Waals surface area contributed by atoms with Crippen molar-refractivity contribution in [3.8, 4) is 22.5 Å². The van der Waals surface area contributed by atoms with E-state index in [0.717, 1.165) is 15.4 Å². The van der Waals surface area contributed by atoms with E-state index in [0.29, 0.717) is 22.3 Å². The summed E-state index contributed by atoms with van der Waals surface area (Å²) in [5, 5.41) is 9.08. The molecular weight excluding hydrogens is 456 g/mol. The number of thioether (sulfide) groups is 1. The van der Waals surface area contributed by atoms with E-state index in [4.69, 9.17) is 4.98 Å². The topological polar surface area (TPSA) is 93.1 Å². The molecule has 7 nitrogen and oxygen atoms in total. The van der Waals surface area contributed by atoms with Crippen molar-refractivity contribution in [2.24, 2.45) is 0 Å². The van der Waals surface area contributed by atoms with E-state index in [-0.39, 0.29) is 17.0 Å². The molecule has 0 N–H and O–H groups in total. The highest BCUT2D eigenvalue weighted by Crippen LogP contribution is 2.32. The van der Waals surface area contributed by atoms with Crippen LogP contribution in [0.3, 0.4) is 0 Å². The lowest BCUT2D eigenvalue weighted by Crippen LogP contribution is -2.32. The van der Waals surface area contributed by atoms with Crippen LogP contribution >= 0.6 is 11.8 Å². The smallest absolute Gasteiger partial charge is 0.268 e. The monoisotopic (exact) mass is 474 g/mol. The third kappa shape index (κ3) is 4.01. The Hall–Kier alpha value is -3.56. The lowest BCUT2D eigenvalue weighted by Gasteiger charge is -2.14. The van der Waals surface area contributed by atoms with Crippen LogP contribution in [0.2, 0.25) is 0 Å². The highest BCUT2D eigenvalue weighted by molar-refractivity contribution is 7.99. The second kappa shape index (κ2) is 8.76. The normalized spacial score (nSPS) is 14.3. The summed E-state index contributed by atoms with van der Waals surface area (Å²) < 4.78 is 26.4. The number of nitrogens with zero attached hydrogens (tertiary/aromatic N) is 4. The largest absolute Gasteiger partial charge is 0.269 e. The summed E-state index contributed by atoms with van der Waals surface area (Å²) >= 11 is 1.26. The lowest BCUT2D eigenvalue weighted by molar-refractivity contribution is 0.0876. The molecule has 0 aliphatic carbocycles. The number of amides is 1. The highest BCUT2D eigenvalue weighted by Gasteiger charge is 2.40. The third-order valence-electron chi connectivity index (χ3n) is 5.20. The maximum atomic E-state index is 12.7. The lowest BCUT2D eigenvalue weighted by atomic mass is 10.0. The van der Waals surface area contributed by atoms with Crippen molar-refractivity contribution in [2.45, 2.75) is 10.1 Å². The van der Waals surface area contributed by atoms with Gasteiger partial charge in [0.2, 0.25) is 5.16 Å². The quantitative estimate of drug-likeness (QED) is 0.388. The minimum absolute atomic E-state index is 0.0188. The van der Waals surface area contributed by atoms with E-state index in [2.05, 4.69) is 10.2 Å². The van der Waals surface area contributed by atoms with Gasteiger partial charge >= 0.3 is 0 Å². The molecule has 33 heavy (non-hydrogen) atoms. The Labute approximate surface area is 195 Å². The Bertz CT molecular complexity index is 1430. The fourth-order valence-corrected chi connectivity index (χ4v) is 6.03. The highest BCUT2D eigenvalue weighted by atomic mass is 32.2. The first-order valence-electron chi connectivity index (χ1n) is 10.2. The molecule has 2 heterocycles. The zero-order valence-electron chi connectivity index (χ0n) is 17.3. The van der Waals surface area contributed by atoms with Crippen LogP contribution in [0.4, 0.5) is 0 Å². The second-order valence-corrected chi connectivity index (χ2v) is 10.1. The number of fused-ring (bicyclic) bond motifs is 1. The van der Waals surface area contributed by atoms with Gasteiger partial charge in [-0.05, 0) is 12.1 Å². The van der Waals surface area contributed by atoms with Crippen molar-refractivity contribution >= 4 is 27.7 Å². The van der Waals surface area contributed by atoms with Crippen LogP contribution in [0.5, 0.6) is 0 Å². The van der Waals surface area contributed by atoms with Crippen LogP contribution in [0.25, 0.3) is 22.5 Å². The summed E-state index contributed by atoms with van der Waals surface area (Å²) in [6.07, 6.45) is 0. The fraction of sp³-hybridized carbons (Fsp3) is 0.0833. The number of aromatic nitrogens is 3. The van der Waals surface area contributed by atoms with Gasteiger partial charge in [0, 0.05) is 23.4 Å². The number of carbonyl (C=O) groups excluding carboxylic acids is 1. The van der Waals surface area contributed by atoms with Crippen LogP contribution in [0.15, 0.2) is 95.0 Å². The third-order valence-corrected chi connectivity index (χ3v) is 7.86. The molecule has 1 amide bonds. The molecule has 0 saturated carbocycles. The molecule has 164 valence electrons. The van der Waals surface area contributed by atoms with Crippen molar-refractivity contribution in [1.82, 2.24) is 19.5 Å². The molecule has 0 fully saturated rings. The van der Waals surface area contributed by atoms with E-state index in [1.54, 1.807) is 12.1 Å². The molecule has 9 heteroatoms. The maximum Gasteiger partial charge on any atom is 0.269 e. The molecular formula is C24H18N4O3S2. The molecule has 5 rings (SSSR count). The van der Waals surface area contributed by atoms with Gasteiger partial charge in [-0.25, -0.2) is 17.7 Å². The van der Waals surface area contributed by atoms with Crippen LogP contribution < -0.4 is 0 Å². The van der Waals surface area contributed by atoms with E-state index < -0.39 is 15.9 Å². The van der Waals surface area contributed by atoms with Gasteiger partial charge in [-0.3, -0.25) is 4.79 Å². The Morgan fingerprint density at radius 2 is 1.36 bits per heavy atom. The number of hydrogen-bond acceptors (Lipinski definition) is 7. The Balaban J connectivity index is 1.39. The summed E-state index contributed by atoms with van der Waals surface area (Å²) in [6, 6.07) is 25.7. The van der Waals surface area contributed by atoms with Crippen molar-refractivity contribution in [3.05, 3.63) is 90.5 Å². The van der Waals surface area contributed by atoms with Crippen LogP contribution in [0.1, 0.15) is 10.4 Å². The van der Waals surface area contributed by atoms with Crippen molar-refractivity contribution in [1.29, 1.82) is 0 Å². The van der Waals surface area contributed by atoms with Crippen LogP contribution in [0, 0.1) is 0 Å². The zero-order valence-corrected chi connectivity index (χ0v) is 19.0. The standard InChI is InChI=1S/C24H18N4O3S2/c29-23-19-13-7-8-14-20(19)33(30,31)28(23)15-16-32-24-25-21(17-9-3-1-4-10-17)22(26-27-24)18-11-5-2-6-12-18/h1-14H,15-16H2. The molecule has 4 aromatic rings. The predicted molar refractivity (Wildman–Crippen MR) is 126 cm³/mol. The molecule has 0 radical (unpaired) electrons. The van der Waals surface area contributed by atoms with Gasteiger partial charge in [0.15, 0.2) is 0 Å². The number of hydrogen-bond donors (Lipinski definition) is 0. The Morgan fingerprint density at radius 1 is 0.758 bits per heavy atom. The van der Waals surface area contributed by atoms with Crippen molar-refractivity contribution < 1.29 is 13.2 Å². The van der Waals surface area contributed by atoms with Crippen LogP contribution in [-0.4, -0.2) is 46.1 Å². The second-order valence-electron chi connectivity index (χ2n) is 7.25. The summed E-state index contributed by atoms with van der Waals surface area (Å²) in [6.45, 7) is 0.0188. The molecule has 0 spiro atoms. The average Bonchev–Trinajstić information content (AvgIpc) is 3.06. The summed E-state index contributed by atoms with van der Waals surface area (Å²) in [5.74, 6) is -0.200. The zero-order chi connectivity index (χ0) is 22.8. The number of carbonyl (C=O) groups is 1. The number of rotatable bonds is 6. The molecule has 0 saturated heterocycles. The van der Waals surface area contributed by atoms with Gasteiger partial charge in [0.25, 0.3) is 15.9 Å². The van der Waals surface area contributed by atoms with E-state index in [9.17, 15) is 13.2 Å². The molecule has 0 unspecified atom stereocenters. The van der Waals surface area contributed by atoms with Crippen molar-refractivity contribution in [3.63, 3.8) is 0 Å². The molecule has 0 bridgehead atoms. The van der Waals surface area contributed by atoms with Crippen LogP contribution in [-0.2, 0) is 10.0 Å². The first kappa shape index (κ1) is 21.3. The van der Waals surface area contributed by atoms with Gasteiger partial charge < -0.3 is 0 Å². The molecule has 3 aromatic carbocycles. The maximum absolute atomic E-state index is 12.7. The van der Waals surface area contributed by atoms with Gasteiger partial charge in [0.1, 0.15) is 16.3 Å². The molecule has 1 aliphatic heterocycles. The fourth-order valence-electron chi connectivity index (χ4n) is 3.63. The summed E-state index contributed by atoms with van der Waals surface area (Å²) in [7, 11) is -3.83. The van der Waals surface area contributed by atoms with Gasteiger partial charge in [-0.1, -0.05) is 84.6 Å². The summed E-state index contributed by atoms with van der Waals surface area (Å²) in [4.78, 5) is 17.4. The van der Waals surface area contributed by atoms with Gasteiger partial charge in [0.05, 0.1) is 5.56 Å². The Kier molecular flexibility index (Phi) is 5.65. The minimum Gasteiger partial charge on any atom is -0.268 e. The predicted octanol–water partition coefficient (Wildman–Crippen LogP) is 4.14. The minimum atomic E-state index is -3.83.